The van der Waals surface area contributed by atoms with E-state index in [1.165, 1.54) is 13.9 Å². The summed E-state index contributed by atoms with van der Waals surface area (Å²) >= 11 is 0. The van der Waals surface area contributed by atoms with Crippen LogP contribution in [0.2, 0.25) is 0 Å². The summed E-state index contributed by atoms with van der Waals surface area (Å²) in [6.45, 7) is 1.67. The number of aliphatic hydroxyl groups is 1. The Bertz CT molecular complexity index is 656. The summed E-state index contributed by atoms with van der Waals surface area (Å²) in [5.74, 6) is 1.28. The van der Waals surface area contributed by atoms with Crippen molar-refractivity contribution in [2.45, 2.75) is 24.5 Å². The number of ether oxygens (including phenoxy) is 1. The topological polar surface area (TPSA) is 147 Å². The van der Waals surface area contributed by atoms with E-state index in [2.05, 4.69) is 20.6 Å². The van der Waals surface area contributed by atoms with Crippen molar-refractivity contribution in [1.29, 1.82) is 0 Å². The summed E-state index contributed by atoms with van der Waals surface area (Å²) in [5, 5.41) is 17.0. The molecule has 3 aliphatic heterocycles. The van der Waals surface area contributed by atoms with Crippen LogP contribution in [0.5, 0.6) is 0 Å². The van der Waals surface area contributed by atoms with Gasteiger partial charge in [-0.25, -0.2) is 0 Å². The van der Waals surface area contributed by atoms with Gasteiger partial charge in [-0.3, -0.25) is 0 Å². The molecule has 0 radical (unpaired) electrons. The number of nitrogens with zero attached hydrogens (tertiary/aromatic N) is 3. The number of nitrogens with two attached hydrogens (primary N) is 1. The van der Waals surface area contributed by atoms with Crippen molar-refractivity contribution >= 4 is 32.7 Å². The van der Waals surface area contributed by atoms with Crippen molar-refractivity contribution in [2.75, 3.05) is 41.9 Å². The molecule has 0 aliphatic carbocycles. The Kier molecular flexibility index (Phi) is 4.44. The zero-order valence-corrected chi connectivity index (χ0v) is 14.8. The third-order valence-electron chi connectivity index (χ3n) is 4.45. The van der Waals surface area contributed by atoms with Gasteiger partial charge in [0.1, 0.15) is 0 Å². The van der Waals surface area contributed by atoms with Crippen LogP contribution in [0, 0.1) is 0 Å². The molecule has 1 aromatic rings. The third kappa shape index (κ3) is 3.04. The Labute approximate surface area is 145 Å². The summed E-state index contributed by atoms with van der Waals surface area (Å²) in [6.07, 6.45) is -1.21. The second-order valence-electron chi connectivity index (χ2n) is 6.29. The molecule has 0 bridgehead atoms. The Balaban J connectivity index is 1.55. The number of anilines is 3. The Morgan fingerprint density at radius 1 is 1.52 bits per heavy atom. The van der Waals surface area contributed by atoms with E-state index in [0.717, 1.165) is 5.69 Å². The Morgan fingerprint density at radius 2 is 2.36 bits per heavy atom. The fraction of sp³-hybridized carbons (Fsp3) is 0.667. The maximum absolute atomic E-state index is 10.7. The van der Waals surface area contributed by atoms with Gasteiger partial charge in [-0.2, -0.15) is 0 Å². The van der Waals surface area contributed by atoms with E-state index in [4.69, 9.17) is 19.5 Å². The number of rotatable bonds is 4. The van der Waals surface area contributed by atoms with Crippen LogP contribution in [0.3, 0.4) is 0 Å². The van der Waals surface area contributed by atoms with Gasteiger partial charge in [0.05, 0.1) is 0 Å². The molecule has 11 nitrogen and oxygen atoms in total. The molecule has 0 spiro atoms. The minimum absolute atomic E-state index is 0.193. The van der Waals surface area contributed by atoms with Crippen molar-refractivity contribution in [3.8, 4) is 0 Å². The molecule has 3 unspecified atom stereocenters. The van der Waals surface area contributed by atoms with E-state index in [9.17, 15) is 10.00 Å². The van der Waals surface area contributed by atoms with E-state index in [-0.39, 0.29) is 6.61 Å². The van der Waals surface area contributed by atoms with Crippen LogP contribution in [0.1, 0.15) is 0 Å². The second-order valence-corrected chi connectivity index (χ2v) is 8.61. The number of hydrogen-bond acceptors (Lipinski definition) is 11. The minimum atomic E-state index is -3.20. The first kappa shape index (κ1) is 17.2. The standard InChI is InChI=1S/C12H22BN6O5P/c13-25(21)22-3-6-9(24-25)8(20)12(23-6)19-5-18-7-10(15-2-1-14)16-4-17-11(7)19/h4,6,8-9,12,18,20-21,25H,1-3,5,13-14H2,(H,15,16,17)/t6?,8?,9-,12?/m1/s1. The first-order valence-corrected chi connectivity index (χ1v) is 10.4. The van der Waals surface area contributed by atoms with Gasteiger partial charge < -0.3 is 0 Å². The Hall–Kier alpha value is -1.27. The van der Waals surface area contributed by atoms with Gasteiger partial charge in [0.2, 0.25) is 0 Å². The van der Waals surface area contributed by atoms with E-state index in [1.54, 1.807) is 0 Å². The SMILES string of the molecule is B[PH]1(O)OCC2OC(N3CNc4c(NCCN)ncnc43)C(O)[C@@H]2O1. The van der Waals surface area contributed by atoms with Gasteiger partial charge in [-0.15, -0.1) is 0 Å². The fourth-order valence-corrected chi connectivity index (χ4v) is 4.65. The van der Waals surface area contributed by atoms with E-state index in [1.807, 2.05) is 4.90 Å². The quantitative estimate of drug-likeness (QED) is 0.284. The molecule has 4 rings (SSSR count). The normalized spacial score (nSPS) is 34.1. The van der Waals surface area contributed by atoms with Crippen LogP contribution < -0.4 is 21.3 Å². The third-order valence-corrected chi connectivity index (χ3v) is 5.86. The Morgan fingerprint density at radius 3 is 3.16 bits per heavy atom. The zero-order chi connectivity index (χ0) is 17.6. The van der Waals surface area contributed by atoms with Crippen molar-refractivity contribution < 1.29 is 23.8 Å². The number of fused-ring (bicyclic) bond motifs is 2. The molecule has 0 saturated carbocycles. The average Bonchev–Trinajstić information content (AvgIpc) is 3.14. The van der Waals surface area contributed by atoms with Crippen molar-refractivity contribution in [3.05, 3.63) is 6.33 Å². The van der Waals surface area contributed by atoms with Crippen LogP contribution in [0.15, 0.2) is 6.33 Å². The first-order valence-electron chi connectivity index (χ1n) is 8.17. The molecule has 2 saturated heterocycles. The zero-order valence-electron chi connectivity index (χ0n) is 13.8. The average molecular weight is 372 g/mol. The summed E-state index contributed by atoms with van der Waals surface area (Å²) in [6, 6.07) is 0. The van der Waals surface area contributed by atoms with Gasteiger partial charge >= 0.3 is 145 Å². The van der Waals surface area contributed by atoms with Crippen LogP contribution in [-0.2, 0) is 13.8 Å². The van der Waals surface area contributed by atoms with Crippen LogP contribution >= 0.6 is 7.82 Å². The molecule has 3 aliphatic rings. The molecule has 0 aromatic carbocycles. The number of aliphatic hydroxyl groups excluding tert-OH is 1. The summed E-state index contributed by atoms with van der Waals surface area (Å²) in [5.41, 5.74) is 6.26. The number of aromatic nitrogens is 2. The first-order chi connectivity index (χ1) is 12.0. The monoisotopic (exact) mass is 372 g/mol. The predicted molar refractivity (Wildman–Crippen MR) is 95.1 cm³/mol. The summed E-state index contributed by atoms with van der Waals surface area (Å²) in [4.78, 5) is 20.4. The van der Waals surface area contributed by atoms with Crippen molar-refractivity contribution in [2.24, 2.45) is 5.73 Å². The summed E-state index contributed by atoms with van der Waals surface area (Å²) < 4.78 is 16.8. The molecule has 2 fully saturated rings. The van der Waals surface area contributed by atoms with E-state index < -0.39 is 32.4 Å². The summed E-state index contributed by atoms with van der Waals surface area (Å²) in [7, 11) is -1.68. The molecule has 138 valence electrons. The fourth-order valence-electron chi connectivity index (χ4n) is 3.31. The molecule has 0 amide bonds. The van der Waals surface area contributed by atoms with E-state index in [0.29, 0.717) is 31.4 Å². The van der Waals surface area contributed by atoms with Crippen LogP contribution in [0.25, 0.3) is 0 Å². The molecule has 1 aromatic heterocycles. The second kappa shape index (κ2) is 6.47. The van der Waals surface area contributed by atoms with Crippen LogP contribution in [-0.4, -0.2) is 78.4 Å². The molecule has 4 heterocycles. The molecular weight excluding hydrogens is 350 g/mol. The van der Waals surface area contributed by atoms with Gasteiger partial charge in [0, 0.05) is 0 Å². The van der Waals surface area contributed by atoms with Gasteiger partial charge in [-0.1, -0.05) is 0 Å². The molecule has 13 heteroatoms. The number of nitrogens with one attached hydrogen (secondary N) is 2. The van der Waals surface area contributed by atoms with Gasteiger partial charge in [-0.05, 0) is 0 Å². The van der Waals surface area contributed by atoms with Crippen molar-refractivity contribution in [3.63, 3.8) is 0 Å². The van der Waals surface area contributed by atoms with E-state index >= 15 is 0 Å². The molecule has 6 N–H and O–H groups in total. The predicted octanol–water partition coefficient (Wildman–Crippen LogP) is -2.43. The van der Waals surface area contributed by atoms with Gasteiger partial charge in [0.25, 0.3) is 0 Å². The van der Waals surface area contributed by atoms with Gasteiger partial charge in [0.15, 0.2) is 0 Å². The number of hydrogen-bond donors (Lipinski definition) is 5. The molecular formula is C12H22BN6O5P. The molecule has 4 atom stereocenters. The maximum atomic E-state index is 10.7. The molecule has 25 heavy (non-hydrogen) atoms. The van der Waals surface area contributed by atoms with Crippen molar-refractivity contribution in [1.82, 2.24) is 9.97 Å². The van der Waals surface area contributed by atoms with Crippen LogP contribution in [0.4, 0.5) is 17.3 Å².